The van der Waals surface area contributed by atoms with Crippen molar-refractivity contribution in [3.05, 3.63) is 40.2 Å². The number of likely N-dealkylation sites (tertiary alicyclic amines) is 1. The number of rotatable bonds is 3. The van der Waals surface area contributed by atoms with Crippen LogP contribution in [0.4, 0.5) is 0 Å². The van der Waals surface area contributed by atoms with Gasteiger partial charge in [0.25, 0.3) is 5.91 Å². The van der Waals surface area contributed by atoms with Gasteiger partial charge in [-0.3, -0.25) is 4.79 Å². The maximum atomic E-state index is 13.0. The van der Waals surface area contributed by atoms with Crippen LogP contribution in [-0.4, -0.2) is 29.5 Å². The van der Waals surface area contributed by atoms with E-state index in [1.165, 1.54) is 6.07 Å². The van der Waals surface area contributed by atoms with E-state index in [0.29, 0.717) is 22.3 Å². The largest absolute Gasteiger partial charge is 0.491 e. The molecule has 128 valence electrons. The first kappa shape index (κ1) is 16.6. The zero-order chi connectivity index (χ0) is 17.3. The predicted octanol–water partition coefficient (Wildman–Crippen LogP) is 3.59. The molecule has 0 saturated carbocycles. The number of fused-ring (bicyclic) bond motifs is 1. The van der Waals surface area contributed by atoms with Gasteiger partial charge < -0.3 is 14.1 Å². The summed E-state index contributed by atoms with van der Waals surface area (Å²) in [5.41, 5.74) is 0.275. The minimum absolute atomic E-state index is 0.0215. The Morgan fingerprint density at radius 2 is 2.08 bits per heavy atom. The van der Waals surface area contributed by atoms with Crippen LogP contribution >= 0.6 is 0 Å². The van der Waals surface area contributed by atoms with Crippen molar-refractivity contribution in [2.75, 3.05) is 6.54 Å². The highest BCUT2D eigenvalue weighted by atomic mass is 16.5. The van der Waals surface area contributed by atoms with Gasteiger partial charge in [-0.2, -0.15) is 0 Å². The normalized spacial score (nSPS) is 18.2. The van der Waals surface area contributed by atoms with E-state index in [0.717, 1.165) is 25.8 Å². The molecular weight excluding hydrogens is 306 g/mol. The molecule has 0 spiro atoms. The summed E-state index contributed by atoms with van der Waals surface area (Å²) in [7, 11) is 0. The summed E-state index contributed by atoms with van der Waals surface area (Å²) in [6, 6.07) is 6.76. The molecule has 0 N–H and O–H groups in total. The molecule has 0 radical (unpaired) electrons. The highest BCUT2D eigenvalue weighted by Gasteiger charge is 2.26. The summed E-state index contributed by atoms with van der Waals surface area (Å²) in [6.45, 7) is 6.64. The number of hydrogen-bond acceptors (Lipinski definition) is 4. The molecule has 1 aliphatic heterocycles. The molecule has 1 unspecified atom stereocenters. The van der Waals surface area contributed by atoms with Crippen LogP contribution in [0.3, 0.4) is 0 Å². The molecule has 0 bridgehead atoms. The monoisotopic (exact) mass is 329 g/mol. The average Bonchev–Trinajstić information content (AvgIpc) is 2.53. The van der Waals surface area contributed by atoms with E-state index in [-0.39, 0.29) is 18.1 Å². The van der Waals surface area contributed by atoms with Gasteiger partial charge in [0, 0.05) is 30.1 Å². The van der Waals surface area contributed by atoms with Crippen LogP contribution in [0.15, 0.2) is 33.5 Å². The van der Waals surface area contributed by atoms with Gasteiger partial charge in [0.15, 0.2) is 0 Å². The Labute approximate surface area is 141 Å². The van der Waals surface area contributed by atoms with E-state index >= 15 is 0 Å². The summed E-state index contributed by atoms with van der Waals surface area (Å²) in [4.78, 5) is 26.7. The molecule has 1 aromatic heterocycles. The number of ether oxygens (including phenoxy) is 1. The van der Waals surface area contributed by atoms with E-state index in [2.05, 4.69) is 6.92 Å². The van der Waals surface area contributed by atoms with Crippen molar-refractivity contribution in [3.63, 3.8) is 0 Å². The van der Waals surface area contributed by atoms with Gasteiger partial charge in [0.05, 0.1) is 11.7 Å². The molecule has 1 fully saturated rings. The number of nitrogens with zero attached hydrogens (tertiary/aromatic N) is 1. The van der Waals surface area contributed by atoms with Crippen LogP contribution in [0.2, 0.25) is 0 Å². The summed E-state index contributed by atoms with van der Waals surface area (Å²) in [5.74, 6) is 0.522. The SMILES string of the molecule is CC(C)Oc1ccc2c(C(=O)N3CCCCC3C)cc(=O)oc2c1. The van der Waals surface area contributed by atoms with Crippen LogP contribution in [0, 0.1) is 0 Å². The van der Waals surface area contributed by atoms with Crippen molar-refractivity contribution in [2.45, 2.75) is 52.2 Å². The van der Waals surface area contributed by atoms with Crippen LogP contribution in [0.1, 0.15) is 50.4 Å². The molecule has 2 heterocycles. The second-order valence-electron chi connectivity index (χ2n) is 6.65. The highest BCUT2D eigenvalue weighted by molar-refractivity contribution is 6.05. The molecule has 5 heteroatoms. The number of carbonyl (C=O) groups is 1. The average molecular weight is 329 g/mol. The summed E-state index contributed by atoms with van der Waals surface area (Å²) < 4.78 is 10.9. The Kier molecular flexibility index (Phi) is 4.60. The van der Waals surface area contributed by atoms with Gasteiger partial charge in [-0.05, 0) is 52.2 Å². The lowest BCUT2D eigenvalue weighted by Gasteiger charge is -2.33. The topological polar surface area (TPSA) is 59.8 Å². The standard InChI is InChI=1S/C19H23NO4/c1-12(2)23-14-7-8-15-16(11-18(21)24-17(15)10-14)19(22)20-9-5-4-6-13(20)3/h7-8,10-13H,4-6,9H2,1-3H3. The van der Waals surface area contributed by atoms with E-state index < -0.39 is 5.63 Å². The zero-order valence-corrected chi connectivity index (χ0v) is 14.4. The quantitative estimate of drug-likeness (QED) is 0.807. The van der Waals surface area contributed by atoms with Gasteiger partial charge in [0.1, 0.15) is 11.3 Å². The second kappa shape index (κ2) is 6.67. The molecule has 3 rings (SSSR count). The fourth-order valence-corrected chi connectivity index (χ4v) is 3.22. The smallest absolute Gasteiger partial charge is 0.337 e. The van der Waals surface area contributed by atoms with Crippen LogP contribution in [0.5, 0.6) is 5.75 Å². The van der Waals surface area contributed by atoms with Crippen molar-refractivity contribution in [1.29, 1.82) is 0 Å². The van der Waals surface area contributed by atoms with Crippen molar-refractivity contribution in [1.82, 2.24) is 4.90 Å². The summed E-state index contributed by atoms with van der Waals surface area (Å²) in [6.07, 6.45) is 3.16. The fourth-order valence-electron chi connectivity index (χ4n) is 3.22. The number of benzene rings is 1. The Bertz CT molecular complexity index is 809. The van der Waals surface area contributed by atoms with Crippen LogP contribution < -0.4 is 10.4 Å². The lowest BCUT2D eigenvalue weighted by atomic mass is 10.0. The first-order valence-electron chi connectivity index (χ1n) is 8.51. The van der Waals surface area contributed by atoms with Gasteiger partial charge in [-0.1, -0.05) is 0 Å². The van der Waals surface area contributed by atoms with Crippen molar-refractivity contribution in [2.24, 2.45) is 0 Å². The second-order valence-corrected chi connectivity index (χ2v) is 6.65. The predicted molar refractivity (Wildman–Crippen MR) is 92.6 cm³/mol. The van der Waals surface area contributed by atoms with Crippen LogP contribution in [-0.2, 0) is 0 Å². The lowest BCUT2D eigenvalue weighted by molar-refractivity contribution is 0.0637. The molecule has 1 amide bonds. The summed E-state index contributed by atoms with van der Waals surface area (Å²) in [5, 5.41) is 0.647. The Morgan fingerprint density at radius 3 is 2.79 bits per heavy atom. The van der Waals surface area contributed by atoms with Gasteiger partial charge in [-0.25, -0.2) is 4.79 Å². The number of amides is 1. The summed E-state index contributed by atoms with van der Waals surface area (Å²) >= 11 is 0. The molecule has 0 aliphatic carbocycles. The van der Waals surface area contributed by atoms with E-state index in [4.69, 9.17) is 9.15 Å². The maximum Gasteiger partial charge on any atom is 0.337 e. The number of carbonyl (C=O) groups excluding carboxylic acids is 1. The number of piperidine rings is 1. The van der Waals surface area contributed by atoms with E-state index in [1.54, 1.807) is 18.2 Å². The Hall–Kier alpha value is -2.30. The molecule has 1 aromatic carbocycles. The number of hydrogen-bond donors (Lipinski definition) is 0. The highest BCUT2D eigenvalue weighted by Crippen LogP contribution is 2.26. The van der Waals surface area contributed by atoms with Crippen LogP contribution in [0.25, 0.3) is 11.0 Å². The van der Waals surface area contributed by atoms with E-state index in [9.17, 15) is 9.59 Å². The Balaban J connectivity index is 2.04. The molecule has 24 heavy (non-hydrogen) atoms. The Morgan fingerprint density at radius 1 is 1.29 bits per heavy atom. The van der Waals surface area contributed by atoms with Gasteiger partial charge >= 0.3 is 5.63 Å². The van der Waals surface area contributed by atoms with Crippen molar-refractivity contribution in [3.8, 4) is 5.75 Å². The van der Waals surface area contributed by atoms with Crippen molar-refractivity contribution >= 4 is 16.9 Å². The third-order valence-corrected chi connectivity index (χ3v) is 4.38. The van der Waals surface area contributed by atoms with Gasteiger partial charge in [-0.15, -0.1) is 0 Å². The van der Waals surface area contributed by atoms with Gasteiger partial charge in [0.2, 0.25) is 0 Å². The third kappa shape index (κ3) is 3.30. The molecule has 2 aromatic rings. The molecule has 1 atom stereocenters. The molecule has 5 nitrogen and oxygen atoms in total. The first-order valence-corrected chi connectivity index (χ1v) is 8.51. The van der Waals surface area contributed by atoms with E-state index in [1.807, 2.05) is 18.7 Å². The molecule has 1 aliphatic rings. The molecule has 1 saturated heterocycles. The minimum Gasteiger partial charge on any atom is -0.491 e. The zero-order valence-electron chi connectivity index (χ0n) is 14.4. The lowest BCUT2D eigenvalue weighted by Crippen LogP contribution is -2.42. The third-order valence-electron chi connectivity index (χ3n) is 4.38. The fraction of sp³-hybridized carbons (Fsp3) is 0.474. The molecular formula is C19H23NO4. The first-order chi connectivity index (χ1) is 11.5. The maximum absolute atomic E-state index is 13.0. The minimum atomic E-state index is -0.516. The van der Waals surface area contributed by atoms with Crippen molar-refractivity contribution < 1.29 is 13.9 Å².